The van der Waals surface area contributed by atoms with Crippen LogP contribution in [0.2, 0.25) is 0 Å². The average molecular weight is 404 g/mol. The molecule has 0 N–H and O–H groups in total. The fraction of sp³-hybridized carbons (Fsp3) is 0.250. The summed E-state index contributed by atoms with van der Waals surface area (Å²) in [5, 5.41) is 2.05. The van der Waals surface area contributed by atoms with Gasteiger partial charge in [-0.3, -0.25) is 9.59 Å². The number of esters is 1. The smallest absolute Gasteiger partial charge is 0.319 e. The molecule has 1 aromatic heterocycles. The van der Waals surface area contributed by atoms with Gasteiger partial charge in [-0.25, -0.2) is 0 Å². The van der Waals surface area contributed by atoms with Gasteiger partial charge in [0.2, 0.25) is 0 Å². The second kappa shape index (κ2) is 6.85. The molecule has 1 amide bonds. The van der Waals surface area contributed by atoms with Crippen molar-refractivity contribution >= 4 is 23.2 Å². The number of ether oxygens (including phenoxy) is 1. The van der Waals surface area contributed by atoms with Crippen LogP contribution in [0.1, 0.15) is 44.9 Å². The number of amides is 1. The van der Waals surface area contributed by atoms with Crippen LogP contribution in [0.15, 0.2) is 66.0 Å². The van der Waals surface area contributed by atoms with Crippen LogP contribution in [0.25, 0.3) is 0 Å². The Labute approximate surface area is 173 Å². The van der Waals surface area contributed by atoms with E-state index < -0.39 is 5.41 Å². The quantitative estimate of drug-likeness (QED) is 0.603. The molecule has 4 nitrogen and oxygen atoms in total. The zero-order valence-corrected chi connectivity index (χ0v) is 16.9. The highest BCUT2D eigenvalue weighted by Crippen LogP contribution is 2.57. The normalized spacial score (nSPS) is 22.0. The zero-order chi connectivity index (χ0) is 20.0. The molecule has 2 atom stereocenters. The van der Waals surface area contributed by atoms with E-state index in [4.69, 9.17) is 4.74 Å². The largest absolute Gasteiger partial charge is 0.465 e. The predicted molar refractivity (Wildman–Crippen MR) is 112 cm³/mol. The first-order chi connectivity index (χ1) is 14.2. The van der Waals surface area contributed by atoms with Crippen LogP contribution in [-0.2, 0) is 27.9 Å². The summed E-state index contributed by atoms with van der Waals surface area (Å²) in [6.07, 6.45) is 0.560. The Kier molecular flexibility index (Phi) is 4.28. The molecule has 1 aliphatic carbocycles. The number of rotatable bonds is 4. The van der Waals surface area contributed by atoms with Gasteiger partial charge in [0.1, 0.15) is 5.41 Å². The van der Waals surface area contributed by atoms with Crippen LogP contribution < -0.4 is 0 Å². The van der Waals surface area contributed by atoms with Gasteiger partial charge in [0, 0.05) is 17.0 Å². The molecule has 2 heterocycles. The van der Waals surface area contributed by atoms with Crippen molar-refractivity contribution in [2.45, 2.75) is 31.3 Å². The van der Waals surface area contributed by atoms with Crippen molar-refractivity contribution in [3.63, 3.8) is 0 Å². The van der Waals surface area contributed by atoms with Crippen molar-refractivity contribution in [2.24, 2.45) is 0 Å². The number of hydrogen-bond acceptors (Lipinski definition) is 4. The van der Waals surface area contributed by atoms with Gasteiger partial charge in [0.05, 0.1) is 12.6 Å². The summed E-state index contributed by atoms with van der Waals surface area (Å²) in [4.78, 5) is 30.0. The van der Waals surface area contributed by atoms with E-state index in [2.05, 4.69) is 6.07 Å². The minimum absolute atomic E-state index is 0.0318. The Bertz CT molecular complexity index is 1090. The summed E-state index contributed by atoms with van der Waals surface area (Å²) < 4.78 is 5.61. The fourth-order valence-electron chi connectivity index (χ4n) is 4.83. The van der Waals surface area contributed by atoms with Crippen LogP contribution >= 0.6 is 11.3 Å². The van der Waals surface area contributed by atoms with Crippen molar-refractivity contribution in [3.8, 4) is 0 Å². The minimum Gasteiger partial charge on any atom is -0.465 e. The molecule has 2 aromatic carbocycles. The van der Waals surface area contributed by atoms with E-state index in [1.54, 1.807) is 11.3 Å². The highest BCUT2D eigenvalue weighted by molar-refractivity contribution is 7.10. The third-order valence-electron chi connectivity index (χ3n) is 6.01. The predicted octanol–water partition coefficient (Wildman–Crippen LogP) is 4.50. The Balaban J connectivity index is 1.73. The number of benzene rings is 2. The van der Waals surface area contributed by atoms with E-state index >= 15 is 0 Å². The molecule has 0 fully saturated rings. The van der Waals surface area contributed by atoms with E-state index in [9.17, 15) is 9.59 Å². The van der Waals surface area contributed by atoms with E-state index in [-0.39, 0.29) is 17.9 Å². The molecule has 29 heavy (non-hydrogen) atoms. The third kappa shape index (κ3) is 2.57. The van der Waals surface area contributed by atoms with Crippen molar-refractivity contribution in [1.29, 1.82) is 0 Å². The van der Waals surface area contributed by atoms with Crippen molar-refractivity contribution in [1.82, 2.24) is 4.90 Å². The second-order valence-electron chi connectivity index (χ2n) is 7.55. The number of carbonyl (C=O) groups is 2. The molecule has 0 saturated heterocycles. The van der Waals surface area contributed by atoms with Crippen LogP contribution in [0.4, 0.5) is 0 Å². The molecule has 146 valence electrons. The van der Waals surface area contributed by atoms with Crippen molar-refractivity contribution in [3.05, 3.63) is 93.2 Å². The standard InChI is InChI=1S/C24H21NO3S/c1-2-28-23(27)24-14-17-12-13-29-20(17)21(24)25(15-16-8-4-3-5-9-16)22(26)18-10-6-7-11-19(18)24/h3-13,21H,2,14-15H2,1H3/t21?,24-/m0/s1. The lowest BCUT2D eigenvalue weighted by molar-refractivity contribution is -0.153. The molecule has 1 aliphatic heterocycles. The summed E-state index contributed by atoms with van der Waals surface area (Å²) in [7, 11) is 0. The third-order valence-corrected chi connectivity index (χ3v) is 7.02. The van der Waals surface area contributed by atoms with Crippen LogP contribution in [-0.4, -0.2) is 23.4 Å². The number of hydrogen-bond donors (Lipinski definition) is 0. The van der Waals surface area contributed by atoms with Gasteiger partial charge < -0.3 is 9.64 Å². The van der Waals surface area contributed by atoms with Gasteiger partial charge in [0.25, 0.3) is 5.91 Å². The molecule has 0 radical (unpaired) electrons. The highest BCUT2D eigenvalue weighted by atomic mass is 32.1. The lowest BCUT2D eigenvalue weighted by Gasteiger charge is -2.45. The van der Waals surface area contributed by atoms with E-state index in [1.165, 1.54) is 0 Å². The number of nitrogens with zero attached hydrogens (tertiary/aromatic N) is 1. The van der Waals surface area contributed by atoms with Gasteiger partial charge in [-0.15, -0.1) is 11.3 Å². The Morgan fingerprint density at radius 2 is 1.90 bits per heavy atom. The van der Waals surface area contributed by atoms with Gasteiger partial charge in [0.15, 0.2) is 0 Å². The van der Waals surface area contributed by atoms with Gasteiger partial charge in [-0.05, 0) is 47.5 Å². The van der Waals surface area contributed by atoms with Crippen LogP contribution in [0.5, 0.6) is 0 Å². The van der Waals surface area contributed by atoms with E-state index in [1.807, 2.05) is 71.8 Å². The maximum Gasteiger partial charge on any atom is 0.319 e. The molecular weight excluding hydrogens is 382 g/mol. The molecule has 0 bridgehead atoms. The van der Waals surface area contributed by atoms with Crippen LogP contribution in [0.3, 0.4) is 0 Å². The molecule has 0 spiro atoms. The van der Waals surface area contributed by atoms with Crippen molar-refractivity contribution in [2.75, 3.05) is 6.61 Å². The second-order valence-corrected chi connectivity index (χ2v) is 8.49. The molecule has 0 saturated carbocycles. The fourth-order valence-corrected chi connectivity index (χ4v) is 5.96. The summed E-state index contributed by atoms with van der Waals surface area (Å²) in [6.45, 7) is 2.60. The lowest BCUT2D eigenvalue weighted by Crippen LogP contribution is -2.54. The summed E-state index contributed by atoms with van der Waals surface area (Å²) >= 11 is 1.62. The minimum atomic E-state index is -0.891. The average Bonchev–Trinajstić information content (AvgIpc) is 3.32. The first-order valence-electron chi connectivity index (χ1n) is 9.84. The number of thiophene rings is 1. The maximum atomic E-state index is 13.6. The summed E-state index contributed by atoms with van der Waals surface area (Å²) in [6, 6.07) is 19.2. The van der Waals surface area contributed by atoms with Gasteiger partial charge >= 0.3 is 5.97 Å². The Hall–Kier alpha value is -2.92. The molecule has 2 aliphatic rings. The highest BCUT2D eigenvalue weighted by Gasteiger charge is 2.61. The maximum absolute atomic E-state index is 13.6. The van der Waals surface area contributed by atoms with Crippen molar-refractivity contribution < 1.29 is 14.3 Å². The summed E-state index contributed by atoms with van der Waals surface area (Å²) in [5.41, 5.74) is 2.68. The number of fused-ring (bicyclic) bond motifs is 5. The number of carbonyl (C=O) groups excluding carboxylic acids is 2. The van der Waals surface area contributed by atoms with Gasteiger partial charge in [-0.1, -0.05) is 48.5 Å². The molecule has 1 unspecified atom stereocenters. The molecular formula is C24H21NO3S. The van der Waals surface area contributed by atoms with E-state index in [0.717, 1.165) is 21.6 Å². The topological polar surface area (TPSA) is 46.6 Å². The monoisotopic (exact) mass is 403 g/mol. The molecule has 5 heteroatoms. The Morgan fingerprint density at radius 3 is 2.69 bits per heavy atom. The van der Waals surface area contributed by atoms with E-state index in [0.29, 0.717) is 25.1 Å². The molecule has 5 rings (SSSR count). The Morgan fingerprint density at radius 1 is 1.14 bits per heavy atom. The molecule has 3 aromatic rings. The first kappa shape index (κ1) is 18.1. The van der Waals surface area contributed by atoms with Gasteiger partial charge in [-0.2, -0.15) is 0 Å². The SMILES string of the molecule is CCOC(=O)[C@]12Cc3ccsc3C1N(Cc1ccccc1)C(=O)c1ccccc12. The summed E-state index contributed by atoms with van der Waals surface area (Å²) in [5.74, 6) is -0.276. The first-order valence-corrected chi connectivity index (χ1v) is 10.7. The van der Waals surface area contributed by atoms with Crippen LogP contribution in [0, 0.1) is 0 Å². The lowest BCUT2D eigenvalue weighted by atomic mass is 9.69. The zero-order valence-electron chi connectivity index (χ0n) is 16.1.